The van der Waals surface area contributed by atoms with E-state index in [2.05, 4.69) is 17.0 Å². The lowest BCUT2D eigenvalue weighted by Crippen LogP contribution is -2.41. The number of piperidine rings is 1. The van der Waals surface area contributed by atoms with E-state index >= 15 is 0 Å². The maximum atomic E-state index is 12.2. The smallest absolute Gasteiger partial charge is 0.422 e. The molecule has 8 heteroatoms. The molecule has 1 amide bonds. The summed E-state index contributed by atoms with van der Waals surface area (Å²) in [5, 5.41) is 12.0. The molecule has 0 aromatic heterocycles. The Labute approximate surface area is 144 Å². The summed E-state index contributed by atoms with van der Waals surface area (Å²) in [6, 6.07) is 5.95. The van der Waals surface area contributed by atoms with Gasteiger partial charge in [0.2, 0.25) is 5.91 Å². The summed E-state index contributed by atoms with van der Waals surface area (Å²) >= 11 is 0. The third-order valence-corrected chi connectivity index (χ3v) is 3.94. The fourth-order valence-corrected chi connectivity index (χ4v) is 2.72. The van der Waals surface area contributed by atoms with Gasteiger partial charge in [-0.15, -0.1) is 0 Å². The summed E-state index contributed by atoms with van der Waals surface area (Å²) in [4.78, 5) is 14.0. The van der Waals surface area contributed by atoms with E-state index in [1.54, 1.807) is 11.0 Å². The van der Waals surface area contributed by atoms with Crippen molar-refractivity contribution in [3.05, 3.63) is 23.8 Å². The molecule has 0 bridgehead atoms. The van der Waals surface area contributed by atoms with E-state index in [0.717, 1.165) is 25.9 Å². The largest absolute Gasteiger partial charge is 0.483 e. The van der Waals surface area contributed by atoms with Gasteiger partial charge in [-0.2, -0.15) is 18.4 Å². The molecular weight excluding hydrogens is 335 g/mol. The van der Waals surface area contributed by atoms with Crippen LogP contribution in [0, 0.1) is 17.2 Å². The van der Waals surface area contributed by atoms with Crippen LogP contribution in [0.4, 0.5) is 18.9 Å². The summed E-state index contributed by atoms with van der Waals surface area (Å²) in [5.74, 6) is 0.303. The first kappa shape index (κ1) is 18.9. The van der Waals surface area contributed by atoms with Crippen LogP contribution in [0.25, 0.3) is 0 Å². The Morgan fingerprint density at radius 2 is 2.24 bits per heavy atom. The highest BCUT2D eigenvalue weighted by molar-refractivity contribution is 5.81. The lowest BCUT2D eigenvalue weighted by Gasteiger charge is -2.31. The Balaban J connectivity index is 1.94. The topological polar surface area (TPSA) is 65.4 Å². The number of ether oxygens (including phenoxy) is 1. The van der Waals surface area contributed by atoms with E-state index < -0.39 is 12.8 Å². The number of carbonyl (C=O) groups excluding carboxylic acids is 1. The number of hydrogen-bond acceptors (Lipinski definition) is 4. The Hall–Kier alpha value is -2.43. The summed E-state index contributed by atoms with van der Waals surface area (Å²) in [5.41, 5.74) is 0.461. The van der Waals surface area contributed by atoms with Crippen LogP contribution < -0.4 is 10.1 Å². The first-order valence-electron chi connectivity index (χ1n) is 8.04. The number of likely N-dealkylation sites (tertiary alicyclic amines) is 1. The highest BCUT2D eigenvalue weighted by Gasteiger charge is 2.29. The second-order valence-electron chi connectivity index (χ2n) is 6.17. The minimum Gasteiger partial charge on any atom is -0.483 e. The lowest BCUT2D eigenvalue weighted by atomic mass is 10.0. The zero-order chi connectivity index (χ0) is 18.4. The van der Waals surface area contributed by atoms with Gasteiger partial charge >= 0.3 is 6.18 Å². The van der Waals surface area contributed by atoms with Gasteiger partial charge in [0.15, 0.2) is 6.61 Å². The Morgan fingerprint density at radius 3 is 2.88 bits per heavy atom. The van der Waals surface area contributed by atoms with E-state index in [0.29, 0.717) is 11.6 Å². The third-order valence-electron chi connectivity index (χ3n) is 3.94. The molecule has 0 radical (unpaired) electrons. The van der Waals surface area contributed by atoms with Gasteiger partial charge in [-0.25, -0.2) is 0 Å². The molecule has 1 fully saturated rings. The number of nitrogens with one attached hydrogen (secondary N) is 1. The normalized spacial score (nSPS) is 17.7. The highest BCUT2D eigenvalue weighted by atomic mass is 19.4. The number of amides is 1. The number of hydrogen-bond donors (Lipinski definition) is 1. The second kappa shape index (κ2) is 8.10. The summed E-state index contributed by atoms with van der Waals surface area (Å²) in [6.45, 7) is 2.18. The standard InChI is InChI=1S/C17H20F3N3O2/c1-12-3-2-6-23(10-12)16(24)9-22-14-4-5-15(13(7-14)8-21)25-11-17(18,19)20/h4-5,7,12,22H,2-3,6,9-11H2,1H3/t12-/m0/s1. The number of nitrogens with zero attached hydrogens (tertiary/aromatic N) is 2. The minimum atomic E-state index is -4.47. The van der Waals surface area contributed by atoms with Gasteiger partial charge in [-0.1, -0.05) is 6.92 Å². The molecule has 25 heavy (non-hydrogen) atoms. The van der Waals surface area contributed by atoms with Crippen LogP contribution in [-0.2, 0) is 4.79 Å². The van der Waals surface area contributed by atoms with Gasteiger partial charge in [0.1, 0.15) is 11.8 Å². The van der Waals surface area contributed by atoms with Gasteiger partial charge in [0.25, 0.3) is 0 Å². The zero-order valence-corrected chi connectivity index (χ0v) is 13.9. The molecule has 1 N–H and O–H groups in total. The molecule has 1 heterocycles. The number of alkyl halides is 3. The molecule has 5 nitrogen and oxygen atoms in total. The summed E-state index contributed by atoms with van der Waals surface area (Å²) < 4.78 is 41.3. The van der Waals surface area contributed by atoms with Gasteiger partial charge < -0.3 is 15.0 Å². The first-order valence-corrected chi connectivity index (χ1v) is 8.04. The average Bonchev–Trinajstić information content (AvgIpc) is 2.57. The molecule has 1 aromatic carbocycles. The number of anilines is 1. The lowest BCUT2D eigenvalue weighted by molar-refractivity contribution is -0.153. The van der Waals surface area contributed by atoms with Crippen LogP contribution in [0.2, 0.25) is 0 Å². The fraction of sp³-hybridized carbons (Fsp3) is 0.529. The van der Waals surface area contributed by atoms with Gasteiger partial charge in [-0.3, -0.25) is 4.79 Å². The first-order chi connectivity index (χ1) is 11.8. The van der Waals surface area contributed by atoms with E-state index in [1.807, 2.05) is 0 Å². The number of carbonyl (C=O) groups is 1. The molecule has 1 aliphatic heterocycles. The summed E-state index contributed by atoms with van der Waals surface area (Å²) in [6.07, 6.45) is -2.37. The number of rotatable bonds is 5. The molecule has 0 unspecified atom stereocenters. The molecule has 2 rings (SSSR count). The van der Waals surface area contributed by atoms with Crippen molar-refractivity contribution in [2.75, 3.05) is 31.6 Å². The molecule has 136 valence electrons. The fourth-order valence-electron chi connectivity index (χ4n) is 2.72. The van der Waals surface area contributed by atoms with Gasteiger partial charge in [-0.05, 0) is 37.0 Å². The molecular formula is C17H20F3N3O2. The average molecular weight is 355 g/mol. The molecule has 0 aliphatic carbocycles. The van der Waals surface area contributed by atoms with Crippen molar-refractivity contribution in [1.82, 2.24) is 4.90 Å². The van der Waals surface area contributed by atoms with E-state index in [-0.39, 0.29) is 23.8 Å². The SMILES string of the molecule is C[C@H]1CCCN(C(=O)CNc2ccc(OCC(F)(F)F)c(C#N)c2)C1. The van der Waals surface area contributed by atoms with Crippen molar-refractivity contribution in [3.63, 3.8) is 0 Å². The Bertz CT molecular complexity index is 656. The molecule has 1 aliphatic rings. The van der Waals surface area contributed by atoms with Crippen LogP contribution in [0.5, 0.6) is 5.75 Å². The van der Waals surface area contributed by atoms with E-state index in [1.165, 1.54) is 18.2 Å². The molecule has 0 saturated carbocycles. The quantitative estimate of drug-likeness (QED) is 0.881. The van der Waals surface area contributed by atoms with Crippen LogP contribution in [0.1, 0.15) is 25.3 Å². The Morgan fingerprint density at radius 1 is 1.48 bits per heavy atom. The predicted octanol–water partition coefficient (Wildman–Crippen LogP) is 3.17. The minimum absolute atomic E-state index is 0.0201. The highest BCUT2D eigenvalue weighted by Crippen LogP contribution is 2.25. The van der Waals surface area contributed by atoms with Crippen molar-refractivity contribution < 1.29 is 22.7 Å². The molecule has 0 spiro atoms. The number of benzene rings is 1. The van der Waals surface area contributed by atoms with Crippen molar-refractivity contribution >= 4 is 11.6 Å². The van der Waals surface area contributed by atoms with Crippen LogP contribution in [0.15, 0.2) is 18.2 Å². The van der Waals surface area contributed by atoms with Gasteiger partial charge in [0.05, 0.1) is 12.1 Å². The van der Waals surface area contributed by atoms with Crippen LogP contribution >= 0.6 is 0 Å². The monoisotopic (exact) mass is 355 g/mol. The van der Waals surface area contributed by atoms with Crippen molar-refractivity contribution in [2.24, 2.45) is 5.92 Å². The van der Waals surface area contributed by atoms with Gasteiger partial charge in [0, 0.05) is 18.8 Å². The van der Waals surface area contributed by atoms with Crippen LogP contribution in [-0.4, -0.2) is 43.2 Å². The third kappa shape index (κ3) is 5.85. The second-order valence-corrected chi connectivity index (χ2v) is 6.17. The maximum Gasteiger partial charge on any atom is 0.422 e. The van der Waals surface area contributed by atoms with Crippen LogP contribution in [0.3, 0.4) is 0 Å². The Kier molecular flexibility index (Phi) is 6.12. The van der Waals surface area contributed by atoms with E-state index in [9.17, 15) is 18.0 Å². The summed E-state index contributed by atoms with van der Waals surface area (Å²) in [7, 11) is 0. The predicted molar refractivity (Wildman–Crippen MR) is 86.2 cm³/mol. The number of halogens is 3. The zero-order valence-electron chi connectivity index (χ0n) is 13.9. The van der Waals surface area contributed by atoms with Crippen molar-refractivity contribution in [3.8, 4) is 11.8 Å². The van der Waals surface area contributed by atoms with E-state index in [4.69, 9.17) is 5.26 Å². The maximum absolute atomic E-state index is 12.2. The number of nitriles is 1. The molecule has 1 saturated heterocycles. The molecule has 1 aromatic rings. The van der Waals surface area contributed by atoms with Crippen molar-refractivity contribution in [1.29, 1.82) is 5.26 Å². The molecule has 1 atom stereocenters. The van der Waals surface area contributed by atoms with Crippen molar-refractivity contribution in [2.45, 2.75) is 25.9 Å².